The summed E-state index contributed by atoms with van der Waals surface area (Å²) in [7, 11) is 0. The average molecular weight is 472 g/mol. The number of hydrogen-bond donors (Lipinski definition) is 4. The van der Waals surface area contributed by atoms with Crippen molar-refractivity contribution in [3.8, 4) is 11.5 Å². The number of allylic oxidation sites excluding steroid dienone is 1. The van der Waals surface area contributed by atoms with E-state index in [4.69, 9.17) is 20.1 Å². The second-order valence-corrected chi connectivity index (χ2v) is 8.08. The molecule has 3 rings (SSSR count). The van der Waals surface area contributed by atoms with E-state index in [2.05, 4.69) is 0 Å². The first-order chi connectivity index (χ1) is 16.3. The molecule has 0 saturated heterocycles. The highest BCUT2D eigenvalue weighted by Gasteiger charge is 2.38. The maximum absolute atomic E-state index is 13.0. The topological polar surface area (TPSA) is 149 Å². The van der Waals surface area contributed by atoms with Crippen LogP contribution in [0.25, 0.3) is 0 Å². The lowest BCUT2D eigenvalue weighted by Gasteiger charge is -2.23. The van der Waals surface area contributed by atoms with E-state index in [0.29, 0.717) is 24.2 Å². The molecular formula is C24H29N3O7. The van der Waals surface area contributed by atoms with Crippen LogP contribution in [0.5, 0.6) is 11.5 Å². The molecule has 2 atom stereocenters. The van der Waals surface area contributed by atoms with Crippen LogP contribution >= 0.6 is 0 Å². The van der Waals surface area contributed by atoms with Gasteiger partial charge in [-0.25, -0.2) is 4.79 Å². The number of nitrogens with zero attached hydrogens (tertiary/aromatic N) is 1. The van der Waals surface area contributed by atoms with Crippen molar-refractivity contribution in [3.63, 3.8) is 0 Å². The maximum atomic E-state index is 13.0. The predicted molar refractivity (Wildman–Crippen MR) is 122 cm³/mol. The van der Waals surface area contributed by atoms with Gasteiger partial charge in [-0.15, -0.1) is 0 Å². The zero-order valence-electron chi connectivity index (χ0n) is 19.2. The number of amidine groups is 1. The number of phenolic OH excluding ortho intramolecular Hbond substituents is 1. The van der Waals surface area contributed by atoms with Gasteiger partial charge in [0.1, 0.15) is 17.3 Å². The van der Waals surface area contributed by atoms with Gasteiger partial charge in [0.2, 0.25) is 0 Å². The Kier molecular flexibility index (Phi) is 8.06. The average Bonchev–Trinajstić information content (AvgIpc) is 3.22. The number of nitrogens with one attached hydrogen (secondary N) is 2. The van der Waals surface area contributed by atoms with Gasteiger partial charge < -0.3 is 19.5 Å². The monoisotopic (exact) mass is 471 g/mol. The van der Waals surface area contributed by atoms with Crippen LogP contribution in [0.4, 0.5) is 0 Å². The number of phenols is 1. The Bertz CT molecular complexity index is 1050. The summed E-state index contributed by atoms with van der Waals surface area (Å²) in [4.78, 5) is 39.0. The molecule has 10 heteroatoms. The van der Waals surface area contributed by atoms with Crippen LogP contribution in [-0.4, -0.2) is 64.9 Å². The SMILES string of the molecule is CCCc1c(OCC(=O)OCC)ccc(C(=O)CN2C=C3C=CC(C(=N)NO)C(=O)C3C2)c1O. The number of hydroxylamine groups is 1. The van der Waals surface area contributed by atoms with E-state index >= 15 is 0 Å². The summed E-state index contributed by atoms with van der Waals surface area (Å²) in [6.45, 7) is 3.77. The summed E-state index contributed by atoms with van der Waals surface area (Å²) in [6, 6.07) is 3.02. The Hall–Kier alpha value is -3.66. The number of rotatable bonds is 10. The van der Waals surface area contributed by atoms with Crippen LogP contribution in [0, 0.1) is 17.2 Å². The molecule has 1 aliphatic heterocycles. The number of benzene rings is 1. The van der Waals surface area contributed by atoms with Gasteiger partial charge in [0.05, 0.1) is 30.6 Å². The van der Waals surface area contributed by atoms with Crippen LogP contribution in [-0.2, 0) is 20.7 Å². The molecule has 0 saturated carbocycles. The molecule has 182 valence electrons. The Labute approximate surface area is 197 Å². The van der Waals surface area contributed by atoms with Gasteiger partial charge in [0, 0.05) is 18.3 Å². The molecule has 0 amide bonds. The van der Waals surface area contributed by atoms with E-state index in [1.807, 2.05) is 6.92 Å². The molecule has 10 nitrogen and oxygen atoms in total. The molecule has 2 aliphatic rings. The summed E-state index contributed by atoms with van der Waals surface area (Å²) < 4.78 is 10.4. The highest BCUT2D eigenvalue weighted by Crippen LogP contribution is 2.34. The first-order valence-corrected chi connectivity index (χ1v) is 11.1. The van der Waals surface area contributed by atoms with Crippen molar-refractivity contribution >= 4 is 23.4 Å². The molecule has 2 unspecified atom stereocenters. The molecule has 0 bridgehead atoms. The number of ether oxygens (including phenoxy) is 2. The van der Waals surface area contributed by atoms with Crippen LogP contribution < -0.4 is 10.2 Å². The second kappa shape index (κ2) is 11.0. The van der Waals surface area contributed by atoms with Crippen molar-refractivity contribution in [1.82, 2.24) is 10.4 Å². The molecule has 1 heterocycles. The van der Waals surface area contributed by atoms with Crippen molar-refractivity contribution < 1.29 is 34.2 Å². The third-order valence-corrected chi connectivity index (χ3v) is 5.75. The number of ketones is 2. The van der Waals surface area contributed by atoms with E-state index in [9.17, 15) is 19.5 Å². The van der Waals surface area contributed by atoms with E-state index in [-0.39, 0.29) is 55.0 Å². The summed E-state index contributed by atoms with van der Waals surface area (Å²) in [6.07, 6.45) is 6.13. The minimum Gasteiger partial charge on any atom is -0.507 e. The van der Waals surface area contributed by atoms with Gasteiger partial charge in [-0.05, 0) is 31.1 Å². The van der Waals surface area contributed by atoms with Crippen molar-refractivity contribution in [1.29, 1.82) is 5.41 Å². The largest absolute Gasteiger partial charge is 0.507 e. The fourth-order valence-electron chi connectivity index (χ4n) is 4.12. The Morgan fingerprint density at radius 3 is 2.74 bits per heavy atom. The molecule has 1 aromatic rings. The molecular weight excluding hydrogens is 442 g/mol. The Balaban J connectivity index is 1.72. The van der Waals surface area contributed by atoms with E-state index in [1.165, 1.54) is 6.07 Å². The Morgan fingerprint density at radius 1 is 1.29 bits per heavy atom. The Morgan fingerprint density at radius 2 is 2.06 bits per heavy atom. The lowest BCUT2D eigenvalue weighted by Crippen LogP contribution is -2.39. The molecule has 34 heavy (non-hydrogen) atoms. The standard InChI is InChI=1S/C24H29N3O7/c1-3-5-16-20(34-13-21(29)33-4-2)9-8-15(22(16)30)19(28)12-27-10-14-6-7-17(24(25)26-32)23(31)18(14)11-27/h6-10,17-18,30,32H,3-5,11-13H2,1-2H3,(H2,25,26). The van der Waals surface area contributed by atoms with Gasteiger partial charge in [0.25, 0.3) is 0 Å². The quantitative estimate of drug-likeness (QED) is 0.132. The molecule has 1 aliphatic carbocycles. The minimum atomic E-state index is -0.856. The zero-order valence-corrected chi connectivity index (χ0v) is 19.2. The van der Waals surface area contributed by atoms with Crippen LogP contribution in [0.3, 0.4) is 0 Å². The fourth-order valence-corrected chi connectivity index (χ4v) is 4.12. The fraction of sp³-hybridized carbons (Fsp3) is 0.417. The summed E-state index contributed by atoms with van der Waals surface area (Å²) in [5.74, 6) is -2.61. The van der Waals surface area contributed by atoms with Crippen molar-refractivity contribution in [3.05, 3.63) is 47.2 Å². The van der Waals surface area contributed by atoms with E-state index in [0.717, 1.165) is 5.57 Å². The highest BCUT2D eigenvalue weighted by atomic mass is 16.6. The highest BCUT2D eigenvalue weighted by molar-refractivity contribution is 6.07. The second-order valence-electron chi connectivity index (χ2n) is 8.08. The molecule has 4 N–H and O–H groups in total. The number of fused-ring (bicyclic) bond motifs is 1. The number of aromatic hydroxyl groups is 1. The van der Waals surface area contributed by atoms with Crippen molar-refractivity contribution in [2.45, 2.75) is 26.7 Å². The summed E-state index contributed by atoms with van der Waals surface area (Å²) in [5.41, 5.74) is 3.03. The number of carbonyl (C=O) groups excluding carboxylic acids is 3. The molecule has 0 radical (unpaired) electrons. The number of carbonyl (C=O) groups is 3. The van der Waals surface area contributed by atoms with Gasteiger partial charge in [-0.2, -0.15) is 0 Å². The van der Waals surface area contributed by atoms with E-state index in [1.54, 1.807) is 41.7 Å². The van der Waals surface area contributed by atoms with Crippen molar-refractivity contribution in [2.75, 3.05) is 26.3 Å². The molecule has 0 aromatic heterocycles. The molecule has 0 fully saturated rings. The lowest BCUT2D eigenvalue weighted by atomic mass is 9.83. The minimum absolute atomic E-state index is 0.0519. The predicted octanol–water partition coefficient (Wildman–Crippen LogP) is 2.00. The molecule has 1 aromatic carbocycles. The smallest absolute Gasteiger partial charge is 0.344 e. The third-order valence-electron chi connectivity index (χ3n) is 5.75. The first-order valence-electron chi connectivity index (χ1n) is 11.1. The van der Waals surface area contributed by atoms with Crippen molar-refractivity contribution in [2.24, 2.45) is 11.8 Å². The maximum Gasteiger partial charge on any atom is 0.344 e. The van der Waals surface area contributed by atoms with Crippen LogP contribution in [0.2, 0.25) is 0 Å². The normalized spacial score (nSPS) is 18.9. The number of esters is 1. The zero-order chi connectivity index (χ0) is 24.8. The number of Topliss-reactive ketones (excluding diaryl/α,β-unsaturated/α-hetero) is 2. The summed E-state index contributed by atoms with van der Waals surface area (Å²) >= 11 is 0. The lowest BCUT2D eigenvalue weighted by molar-refractivity contribution is -0.145. The molecule has 0 spiro atoms. The van der Waals surface area contributed by atoms with Crippen LogP contribution in [0.15, 0.2) is 36.1 Å². The van der Waals surface area contributed by atoms with Crippen LogP contribution in [0.1, 0.15) is 36.2 Å². The summed E-state index contributed by atoms with van der Waals surface area (Å²) in [5, 5.41) is 27.4. The number of hydrogen-bond acceptors (Lipinski definition) is 9. The van der Waals surface area contributed by atoms with Gasteiger partial charge in [-0.1, -0.05) is 25.5 Å². The first kappa shape index (κ1) is 25.0. The van der Waals surface area contributed by atoms with Gasteiger partial charge >= 0.3 is 5.97 Å². The van der Waals surface area contributed by atoms with Gasteiger partial charge in [0.15, 0.2) is 18.2 Å². The van der Waals surface area contributed by atoms with Gasteiger partial charge in [-0.3, -0.25) is 25.7 Å². The van der Waals surface area contributed by atoms with E-state index < -0.39 is 17.8 Å². The third kappa shape index (κ3) is 5.28.